The van der Waals surface area contributed by atoms with Crippen LogP contribution in [0.25, 0.3) is 0 Å². The molecule has 0 spiro atoms. The molecule has 1 atom stereocenters. The summed E-state index contributed by atoms with van der Waals surface area (Å²) in [4.78, 5) is 31.6. The standard InChI is InChI=1S/C21H31FN4O2/c1-2-24-11-4-7-19(24)16-26(21(28)17-5-3-6-18(22)15-17)12-8-20(27)25-13-9-23-10-14-25/h3,5-6,15,19,23H,2,4,7-14,16H2,1H3/t19-/m0/s1. The van der Waals surface area contributed by atoms with Gasteiger partial charge in [0.1, 0.15) is 5.82 Å². The Morgan fingerprint density at radius 1 is 1.25 bits per heavy atom. The maximum absolute atomic E-state index is 13.6. The maximum Gasteiger partial charge on any atom is 0.254 e. The van der Waals surface area contributed by atoms with Crippen molar-refractivity contribution in [3.05, 3.63) is 35.6 Å². The summed E-state index contributed by atoms with van der Waals surface area (Å²) in [6.07, 6.45) is 2.48. The highest BCUT2D eigenvalue weighted by atomic mass is 19.1. The predicted molar refractivity (Wildman–Crippen MR) is 107 cm³/mol. The predicted octanol–water partition coefficient (Wildman–Crippen LogP) is 1.57. The Balaban J connectivity index is 1.68. The van der Waals surface area contributed by atoms with Crippen LogP contribution in [0.4, 0.5) is 4.39 Å². The summed E-state index contributed by atoms with van der Waals surface area (Å²) in [5.74, 6) is -0.536. The number of carbonyl (C=O) groups excluding carboxylic acids is 2. The van der Waals surface area contributed by atoms with E-state index < -0.39 is 5.82 Å². The number of rotatable bonds is 7. The summed E-state index contributed by atoms with van der Waals surface area (Å²) >= 11 is 0. The zero-order valence-electron chi connectivity index (χ0n) is 16.7. The summed E-state index contributed by atoms with van der Waals surface area (Å²) < 4.78 is 13.6. The van der Waals surface area contributed by atoms with Crippen LogP contribution in [-0.4, -0.2) is 84.9 Å². The molecule has 2 saturated heterocycles. The van der Waals surface area contributed by atoms with E-state index in [0.717, 1.165) is 39.0 Å². The molecule has 1 aromatic carbocycles. The minimum absolute atomic E-state index is 0.0808. The number of amides is 2. The van der Waals surface area contributed by atoms with Gasteiger partial charge in [0.15, 0.2) is 0 Å². The van der Waals surface area contributed by atoms with Gasteiger partial charge in [-0.2, -0.15) is 0 Å². The van der Waals surface area contributed by atoms with Gasteiger partial charge in [-0.15, -0.1) is 0 Å². The van der Waals surface area contributed by atoms with Crippen LogP contribution >= 0.6 is 0 Å². The van der Waals surface area contributed by atoms with E-state index in [4.69, 9.17) is 0 Å². The Morgan fingerprint density at radius 3 is 2.75 bits per heavy atom. The molecule has 154 valence electrons. The maximum atomic E-state index is 13.6. The van der Waals surface area contributed by atoms with Gasteiger partial charge in [0, 0.05) is 57.3 Å². The lowest BCUT2D eigenvalue weighted by atomic mass is 10.1. The molecule has 2 aliphatic heterocycles. The lowest BCUT2D eigenvalue weighted by Gasteiger charge is -2.32. The van der Waals surface area contributed by atoms with Gasteiger partial charge >= 0.3 is 0 Å². The molecular weight excluding hydrogens is 359 g/mol. The zero-order valence-corrected chi connectivity index (χ0v) is 16.7. The largest absolute Gasteiger partial charge is 0.340 e. The summed E-state index contributed by atoms with van der Waals surface area (Å²) in [5, 5.41) is 3.24. The number of likely N-dealkylation sites (N-methyl/N-ethyl adjacent to an activating group) is 1. The van der Waals surface area contributed by atoms with Gasteiger partial charge in [0.25, 0.3) is 5.91 Å². The first kappa shape index (κ1) is 20.7. The molecule has 0 saturated carbocycles. The number of carbonyl (C=O) groups is 2. The molecule has 28 heavy (non-hydrogen) atoms. The number of benzene rings is 1. The van der Waals surface area contributed by atoms with Crippen LogP contribution in [0.1, 0.15) is 36.5 Å². The smallest absolute Gasteiger partial charge is 0.254 e. The van der Waals surface area contributed by atoms with E-state index in [9.17, 15) is 14.0 Å². The van der Waals surface area contributed by atoms with E-state index in [1.165, 1.54) is 12.1 Å². The van der Waals surface area contributed by atoms with Crippen LogP contribution in [0.15, 0.2) is 24.3 Å². The van der Waals surface area contributed by atoms with Crippen LogP contribution in [0.3, 0.4) is 0 Å². The van der Waals surface area contributed by atoms with E-state index in [0.29, 0.717) is 44.2 Å². The molecule has 2 fully saturated rings. The average Bonchev–Trinajstić information content (AvgIpc) is 3.18. The minimum atomic E-state index is -0.418. The van der Waals surface area contributed by atoms with Crippen molar-refractivity contribution in [1.82, 2.24) is 20.0 Å². The van der Waals surface area contributed by atoms with Crippen molar-refractivity contribution in [2.75, 3.05) is 52.4 Å². The highest BCUT2D eigenvalue weighted by molar-refractivity contribution is 5.94. The fourth-order valence-electron chi connectivity index (χ4n) is 4.16. The van der Waals surface area contributed by atoms with Crippen LogP contribution in [-0.2, 0) is 4.79 Å². The monoisotopic (exact) mass is 390 g/mol. The Morgan fingerprint density at radius 2 is 2.04 bits per heavy atom. The molecule has 0 unspecified atom stereocenters. The van der Waals surface area contributed by atoms with Crippen molar-refractivity contribution in [1.29, 1.82) is 0 Å². The van der Waals surface area contributed by atoms with E-state index >= 15 is 0 Å². The molecule has 2 aliphatic rings. The van der Waals surface area contributed by atoms with Crippen molar-refractivity contribution in [3.63, 3.8) is 0 Å². The highest BCUT2D eigenvalue weighted by Crippen LogP contribution is 2.19. The first-order chi connectivity index (χ1) is 13.6. The van der Waals surface area contributed by atoms with E-state index in [2.05, 4.69) is 17.1 Å². The van der Waals surface area contributed by atoms with Gasteiger partial charge in [-0.25, -0.2) is 4.39 Å². The van der Waals surface area contributed by atoms with Crippen LogP contribution in [0.2, 0.25) is 0 Å². The number of piperazine rings is 1. The number of hydrogen-bond acceptors (Lipinski definition) is 4. The fourth-order valence-corrected chi connectivity index (χ4v) is 4.16. The molecule has 1 aromatic rings. The molecule has 0 radical (unpaired) electrons. The van der Waals surface area contributed by atoms with Crippen molar-refractivity contribution in [2.45, 2.75) is 32.2 Å². The molecule has 0 bridgehead atoms. The number of likely N-dealkylation sites (tertiary alicyclic amines) is 1. The first-order valence-electron chi connectivity index (χ1n) is 10.4. The zero-order chi connectivity index (χ0) is 19.9. The molecule has 1 N–H and O–H groups in total. The van der Waals surface area contributed by atoms with Gasteiger partial charge in [-0.1, -0.05) is 13.0 Å². The molecule has 2 heterocycles. The van der Waals surface area contributed by atoms with Crippen LogP contribution < -0.4 is 5.32 Å². The third kappa shape index (κ3) is 5.29. The third-order valence-corrected chi connectivity index (χ3v) is 5.76. The quantitative estimate of drug-likeness (QED) is 0.768. The number of nitrogens with one attached hydrogen (secondary N) is 1. The van der Waals surface area contributed by atoms with Gasteiger partial charge < -0.3 is 15.1 Å². The molecule has 3 rings (SSSR count). The van der Waals surface area contributed by atoms with Crippen LogP contribution in [0.5, 0.6) is 0 Å². The van der Waals surface area contributed by atoms with Gasteiger partial charge in [0.05, 0.1) is 0 Å². The lowest BCUT2D eigenvalue weighted by molar-refractivity contribution is -0.132. The number of hydrogen-bond donors (Lipinski definition) is 1. The first-order valence-corrected chi connectivity index (χ1v) is 10.4. The summed E-state index contributed by atoms with van der Waals surface area (Å²) in [5.41, 5.74) is 0.343. The van der Waals surface area contributed by atoms with Gasteiger partial charge in [-0.3, -0.25) is 14.5 Å². The number of halogens is 1. The molecule has 0 aromatic heterocycles. The third-order valence-electron chi connectivity index (χ3n) is 5.76. The van der Waals surface area contributed by atoms with Crippen molar-refractivity contribution in [2.24, 2.45) is 0 Å². The van der Waals surface area contributed by atoms with Crippen molar-refractivity contribution in [3.8, 4) is 0 Å². The SMILES string of the molecule is CCN1CCC[C@H]1CN(CCC(=O)N1CCNCC1)C(=O)c1cccc(F)c1. The summed E-state index contributed by atoms with van der Waals surface area (Å²) in [6, 6.07) is 6.12. The fraction of sp³-hybridized carbons (Fsp3) is 0.619. The van der Waals surface area contributed by atoms with E-state index in [-0.39, 0.29) is 11.8 Å². The molecular formula is C21H31FN4O2. The molecule has 0 aliphatic carbocycles. The van der Waals surface area contributed by atoms with E-state index in [1.54, 1.807) is 17.0 Å². The van der Waals surface area contributed by atoms with E-state index in [1.807, 2.05) is 4.90 Å². The Labute approximate surface area is 166 Å². The van der Waals surface area contributed by atoms with Crippen molar-refractivity contribution < 1.29 is 14.0 Å². The lowest BCUT2D eigenvalue weighted by Crippen LogP contribution is -2.48. The number of nitrogens with zero attached hydrogens (tertiary/aromatic N) is 3. The average molecular weight is 391 g/mol. The second kappa shape index (κ2) is 9.98. The Kier molecular flexibility index (Phi) is 7.39. The van der Waals surface area contributed by atoms with Gasteiger partial charge in [0.2, 0.25) is 5.91 Å². The summed E-state index contributed by atoms with van der Waals surface area (Å²) in [7, 11) is 0. The second-order valence-electron chi connectivity index (χ2n) is 7.57. The highest BCUT2D eigenvalue weighted by Gasteiger charge is 2.28. The topological polar surface area (TPSA) is 55.9 Å². The Bertz CT molecular complexity index is 678. The van der Waals surface area contributed by atoms with Gasteiger partial charge in [-0.05, 0) is 44.1 Å². The molecule has 7 heteroatoms. The second-order valence-corrected chi connectivity index (χ2v) is 7.57. The minimum Gasteiger partial charge on any atom is -0.340 e. The Hall–Kier alpha value is -1.99. The molecule has 2 amide bonds. The van der Waals surface area contributed by atoms with Crippen molar-refractivity contribution >= 4 is 11.8 Å². The van der Waals surface area contributed by atoms with Crippen LogP contribution in [0, 0.1) is 5.82 Å². The normalized spacial score (nSPS) is 20.4. The molecule has 6 nitrogen and oxygen atoms in total. The summed E-state index contributed by atoms with van der Waals surface area (Å²) in [6.45, 7) is 8.12.